The molecule has 0 aromatic rings. The van der Waals surface area contributed by atoms with Crippen molar-refractivity contribution in [3.63, 3.8) is 0 Å². The molecule has 1 amide bonds. The summed E-state index contributed by atoms with van der Waals surface area (Å²) in [6.45, 7) is 7.05. The van der Waals surface area contributed by atoms with E-state index in [-0.39, 0.29) is 17.7 Å². The van der Waals surface area contributed by atoms with Crippen LogP contribution in [-0.4, -0.2) is 23.5 Å². The minimum atomic E-state index is -0.492. The summed E-state index contributed by atoms with van der Waals surface area (Å²) in [5.74, 6) is 0.117. The van der Waals surface area contributed by atoms with Crippen LogP contribution in [0.15, 0.2) is 0 Å². The molecule has 4 nitrogen and oxygen atoms in total. The van der Waals surface area contributed by atoms with Crippen molar-refractivity contribution in [3.8, 4) is 0 Å². The molecule has 1 aliphatic carbocycles. The second kappa shape index (κ2) is 4.85. The fourth-order valence-corrected chi connectivity index (χ4v) is 2.08. The smallest absolute Gasteiger partial charge is 0.407 e. The largest absolute Gasteiger partial charge is 0.444 e. The summed E-state index contributed by atoms with van der Waals surface area (Å²) >= 11 is 0. The Kier molecular flexibility index (Phi) is 3.94. The van der Waals surface area contributed by atoms with E-state index in [0.29, 0.717) is 0 Å². The average molecular weight is 227 g/mol. The SMILES string of the molecule is CC(=O)[C@@H]1CCC[C@@H]1NC(=O)OC(C)(C)C. The van der Waals surface area contributed by atoms with Crippen molar-refractivity contribution in [1.29, 1.82) is 0 Å². The molecule has 0 aromatic heterocycles. The van der Waals surface area contributed by atoms with Crippen LogP contribution in [0.3, 0.4) is 0 Å². The van der Waals surface area contributed by atoms with Crippen molar-refractivity contribution in [2.24, 2.45) is 5.92 Å². The van der Waals surface area contributed by atoms with Crippen molar-refractivity contribution < 1.29 is 14.3 Å². The van der Waals surface area contributed by atoms with Gasteiger partial charge in [-0.2, -0.15) is 0 Å². The fraction of sp³-hybridized carbons (Fsp3) is 0.833. The normalized spacial score (nSPS) is 25.2. The molecule has 16 heavy (non-hydrogen) atoms. The van der Waals surface area contributed by atoms with Gasteiger partial charge in [-0.25, -0.2) is 4.79 Å². The monoisotopic (exact) mass is 227 g/mol. The Labute approximate surface area is 96.7 Å². The summed E-state index contributed by atoms with van der Waals surface area (Å²) < 4.78 is 5.17. The number of ether oxygens (including phenoxy) is 1. The van der Waals surface area contributed by atoms with Crippen molar-refractivity contribution >= 4 is 11.9 Å². The highest BCUT2D eigenvalue weighted by Gasteiger charge is 2.32. The van der Waals surface area contributed by atoms with Crippen molar-refractivity contribution in [3.05, 3.63) is 0 Å². The van der Waals surface area contributed by atoms with Gasteiger partial charge in [0.25, 0.3) is 0 Å². The minimum Gasteiger partial charge on any atom is -0.444 e. The lowest BCUT2D eigenvalue weighted by Gasteiger charge is -2.23. The zero-order valence-corrected chi connectivity index (χ0v) is 10.5. The van der Waals surface area contributed by atoms with E-state index < -0.39 is 11.7 Å². The van der Waals surface area contributed by atoms with E-state index in [1.54, 1.807) is 6.92 Å². The molecule has 0 heterocycles. The minimum absolute atomic E-state index is 0.0347. The van der Waals surface area contributed by atoms with Gasteiger partial charge in [-0.3, -0.25) is 4.79 Å². The lowest BCUT2D eigenvalue weighted by atomic mass is 10.00. The number of carbonyl (C=O) groups is 2. The molecule has 0 unspecified atom stereocenters. The van der Waals surface area contributed by atoms with Gasteiger partial charge in [0.2, 0.25) is 0 Å². The molecular formula is C12H21NO3. The summed E-state index contributed by atoms with van der Waals surface area (Å²) in [5, 5.41) is 2.78. The van der Waals surface area contributed by atoms with E-state index in [1.807, 2.05) is 20.8 Å². The van der Waals surface area contributed by atoms with E-state index >= 15 is 0 Å². The Bertz CT molecular complexity index is 280. The van der Waals surface area contributed by atoms with Crippen LogP contribution in [0.2, 0.25) is 0 Å². The van der Waals surface area contributed by atoms with E-state index in [4.69, 9.17) is 4.74 Å². The van der Waals surface area contributed by atoms with Crippen LogP contribution in [0.4, 0.5) is 4.79 Å². The highest BCUT2D eigenvalue weighted by molar-refractivity contribution is 5.80. The number of hydrogen-bond acceptors (Lipinski definition) is 3. The standard InChI is InChI=1S/C12H21NO3/c1-8(14)9-6-5-7-10(9)13-11(15)16-12(2,3)4/h9-10H,5-7H2,1-4H3,(H,13,15)/t9-,10-/m0/s1. The lowest BCUT2D eigenvalue weighted by molar-refractivity contribution is -0.121. The Morgan fingerprint density at radius 2 is 1.88 bits per heavy atom. The van der Waals surface area contributed by atoms with Crippen LogP contribution in [-0.2, 0) is 9.53 Å². The van der Waals surface area contributed by atoms with E-state index in [1.165, 1.54) is 0 Å². The van der Waals surface area contributed by atoms with Crippen LogP contribution in [0.5, 0.6) is 0 Å². The van der Waals surface area contributed by atoms with Crippen LogP contribution < -0.4 is 5.32 Å². The van der Waals surface area contributed by atoms with Crippen LogP contribution in [0, 0.1) is 5.92 Å². The molecular weight excluding hydrogens is 206 g/mol. The topological polar surface area (TPSA) is 55.4 Å². The third-order valence-corrected chi connectivity index (χ3v) is 2.74. The third kappa shape index (κ3) is 3.83. The number of nitrogens with one attached hydrogen (secondary N) is 1. The molecule has 0 aliphatic heterocycles. The van der Waals surface area contributed by atoms with Gasteiger partial charge in [-0.15, -0.1) is 0 Å². The Morgan fingerprint density at radius 1 is 1.25 bits per heavy atom. The summed E-state index contributed by atoms with van der Waals surface area (Å²) in [5.41, 5.74) is -0.492. The molecule has 92 valence electrons. The number of carbonyl (C=O) groups excluding carboxylic acids is 2. The molecule has 0 aromatic carbocycles. The van der Waals surface area contributed by atoms with Gasteiger partial charge in [0.05, 0.1) is 0 Å². The third-order valence-electron chi connectivity index (χ3n) is 2.74. The van der Waals surface area contributed by atoms with Crippen molar-refractivity contribution in [2.45, 2.75) is 58.6 Å². The molecule has 2 atom stereocenters. The Hall–Kier alpha value is -1.06. The quantitative estimate of drug-likeness (QED) is 0.787. The number of alkyl carbamates (subject to hydrolysis) is 1. The van der Waals surface area contributed by atoms with Crippen LogP contribution >= 0.6 is 0 Å². The number of amides is 1. The second-order valence-electron chi connectivity index (χ2n) is 5.40. The van der Waals surface area contributed by atoms with Gasteiger partial charge < -0.3 is 10.1 Å². The van der Waals surface area contributed by atoms with Gasteiger partial charge in [0.15, 0.2) is 0 Å². The molecule has 0 radical (unpaired) electrons. The molecule has 1 fully saturated rings. The number of rotatable bonds is 2. The zero-order chi connectivity index (χ0) is 12.3. The summed E-state index contributed by atoms with van der Waals surface area (Å²) in [4.78, 5) is 22.9. The first-order chi connectivity index (χ1) is 7.29. The van der Waals surface area contributed by atoms with Crippen molar-refractivity contribution in [1.82, 2.24) is 5.32 Å². The van der Waals surface area contributed by atoms with Gasteiger partial charge >= 0.3 is 6.09 Å². The maximum Gasteiger partial charge on any atom is 0.407 e. The first-order valence-corrected chi connectivity index (χ1v) is 5.79. The van der Waals surface area contributed by atoms with E-state index in [2.05, 4.69) is 5.32 Å². The van der Waals surface area contributed by atoms with Crippen molar-refractivity contribution in [2.75, 3.05) is 0 Å². The average Bonchev–Trinajstić information content (AvgIpc) is 2.47. The highest BCUT2D eigenvalue weighted by atomic mass is 16.6. The predicted molar refractivity (Wildman–Crippen MR) is 61.2 cm³/mol. The van der Waals surface area contributed by atoms with Gasteiger partial charge in [0, 0.05) is 12.0 Å². The van der Waals surface area contributed by atoms with Gasteiger partial charge in [-0.1, -0.05) is 6.42 Å². The lowest BCUT2D eigenvalue weighted by Crippen LogP contribution is -2.42. The second-order valence-corrected chi connectivity index (χ2v) is 5.40. The molecule has 0 spiro atoms. The van der Waals surface area contributed by atoms with Gasteiger partial charge in [0.1, 0.15) is 11.4 Å². The molecule has 0 bridgehead atoms. The molecule has 1 aliphatic rings. The number of hydrogen-bond donors (Lipinski definition) is 1. The van der Waals surface area contributed by atoms with Crippen LogP contribution in [0.25, 0.3) is 0 Å². The highest BCUT2D eigenvalue weighted by Crippen LogP contribution is 2.26. The zero-order valence-electron chi connectivity index (χ0n) is 10.5. The predicted octanol–water partition coefficient (Wildman–Crippen LogP) is 2.27. The fourth-order valence-electron chi connectivity index (χ4n) is 2.08. The van der Waals surface area contributed by atoms with E-state index in [9.17, 15) is 9.59 Å². The van der Waals surface area contributed by atoms with Crippen LogP contribution in [0.1, 0.15) is 47.0 Å². The van der Waals surface area contributed by atoms with E-state index in [0.717, 1.165) is 19.3 Å². The number of Topliss-reactive ketones (excluding diaryl/α,β-unsaturated/α-hetero) is 1. The summed E-state index contributed by atoms with van der Waals surface area (Å²) in [6.07, 6.45) is 2.30. The first-order valence-electron chi connectivity index (χ1n) is 5.79. The summed E-state index contributed by atoms with van der Waals surface area (Å²) in [7, 11) is 0. The first kappa shape index (κ1) is 13.0. The molecule has 0 saturated heterocycles. The maximum atomic E-state index is 11.5. The maximum absolute atomic E-state index is 11.5. The molecule has 1 saturated carbocycles. The molecule has 1 rings (SSSR count). The number of ketones is 1. The Morgan fingerprint density at radius 3 is 2.38 bits per heavy atom. The molecule has 4 heteroatoms. The summed E-state index contributed by atoms with van der Waals surface area (Å²) in [6, 6.07) is -0.0488. The Balaban J connectivity index is 2.47. The van der Waals surface area contributed by atoms with Gasteiger partial charge in [-0.05, 0) is 40.5 Å². The molecule has 1 N–H and O–H groups in total.